The van der Waals surface area contributed by atoms with E-state index in [0.717, 1.165) is 11.1 Å². The van der Waals surface area contributed by atoms with Crippen molar-refractivity contribution in [2.75, 3.05) is 0 Å². The monoisotopic (exact) mass is 412 g/mol. The van der Waals surface area contributed by atoms with E-state index in [0.29, 0.717) is 34.9 Å². The van der Waals surface area contributed by atoms with Crippen molar-refractivity contribution in [3.63, 3.8) is 0 Å². The Hall–Kier alpha value is -4.19. The fourth-order valence-corrected chi connectivity index (χ4v) is 3.27. The van der Waals surface area contributed by atoms with E-state index in [4.69, 9.17) is 9.84 Å². The van der Waals surface area contributed by atoms with Gasteiger partial charge in [-0.15, -0.1) is 0 Å². The largest absolute Gasteiger partial charge is 0.478 e. The van der Waals surface area contributed by atoms with E-state index in [2.05, 4.69) is 9.97 Å². The van der Waals surface area contributed by atoms with Gasteiger partial charge in [0.05, 0.1) is 17.0 Å². The lowest BCUT2D eigenvalue weighted by Crippen LogP contribution is -2.03. The molecule has 0 saturated carbocycles. The van der Waals surface area contributed by atoms with Crippen molar-refractivity contribution in [1.82, 2.24) is 9.97 Å². The number of H-pyrrole nitrogens is 1. The van der Waals surface area contributed by atoms with Crippen LogP contribution in [-0.2, 0) is 6.42 Å². The molecule has 0 fully saturated rings. The van der Waals surface area contributed by atoms with E-state index in [1.165, 1.54) is 12.3 Å². The molecule has 0 spiro atoms. The van der Waals surface area contributed by atoms with Gasteiger partial charge in [0.15, 0.2) is 5.78 Å². The summed E-state index contributed by atoms with van der Waals surface area (Å²) in [5.41, 5.74) is 3.95. The number of hydrogen-bond donors (Lipinski definition) is 2. The first-order valence-corrected chi connectivity index (χ1v) is 9.73. The molecular formula is C25H20N2O4. The van der Waals surface area contributed by atoms with Crippen LogP contribution in [0.15, 0.2) is 79.1 Å². The summed E-state index contributed by atoms with van der Waals surface area (Å²) in [5.74, 6) is 0.0609. The Morgan fingerprint density at radius 1 is 0.968 bits per heavy atom. The third kappa shape index (κ3) is 4.87. The van der Waals surface area contributed by atoms with Crippen LogP contribution < -0.4 is 4.74 Å². The first-order chi connectivity index (χ1) is 15.0. The Labute approximate surface area is 179 Å². The number of carboxylic acid groups (broad SMARTS) is 1. The predicted octanol–water partition coefficient (Wildman–Crippen LogP) is 5.30. The molecule has 4 rings (SSSR count). The normalized spacial score (nSPS) is 10.6. The molecule has 6 heteroatoms. The molecule has 2 heterocycles. The van der Waals surface area contributed by atoms with E-state index in [1.54, 1.807) is 42.6 Å². The van der Waals surface area contributed by atoms with Crippen LogP contribution in [0.1, 0.15) is 31.8 Å². The first-order valence-electron chi connectivity index (χ1n) is 9.73. The SMILES string of the molecule is Cc1cccc(CC(=O)c2cccc(Oc3ccnc(-c4cc(C(=O)O)c[nH]4)c3)c2)c1. The number of aromatic carboxylic acids is 1. The van der Waals surface area contributed by atoms with Gasteiger partial charge in [0.1, 0.15) is 11.5 Å². The lowest BCUT2D eigenvalue weighted by atomic mass is 10.0. The highest BCUT2D eigenvalue weighted by molar-refractivity contribution is 5.97. The summed E-state index contributed by atoms with van der Waals surface area (Å²) < 4.78 is 5.93. The summed E-state index contributed by atoms with van der Waals surface area (Å²) in [6, 6.07) is 19.9. The van der Waals surface area contributed by atoms with Crippen molar-refractivity contribution in [1.29, 1.82) is 0 Å². The average molecular weight is 412 g/mol. The zero-order valence-electron chi connectivity index (χ0n) is 16.8. The maximum Gasteiger partial charge on any atom is 0.337 e. The molecule has 4 aromatic rings. The number of pyridine rings is 1. The van der Waals surface area contributed by atoms with Gasteiger partial charge in [0.25, 0.3) is 0 Å². The molecule has 0 amide bonds. The molecule has 0 aliphatic heterocycles. The fourth-order valence-electron chi connectivity index (χ4n) is 3.27. The number of ether oxygens (including phenoxy) is 1. The average Bonchev–Trinajstić information content (AvgIpc) is 3.25. The zero-order chi connectivity index (χ0) is 21.8. The maximum absolute atomic E-state index is 12.7. The molecule has 2 N–H and O–H groups in total. The summed E-state index contributed by atoms with van der Waals surface area (Å²) in [7, 11) is 0. The minimum absolute atomic E-state index is 0.0130. The summed E-state index contributed by atoms with van der Waals surface area (Å²) in [6.07, 6.45) is 3.32. The maximum atomic E-state index is 12.7. The standard InChI is InChI=1S/C25H20N2O4/c1-16-4-2-5-17(10-16)11-24(28)18-6-3-7-20(12-18)31-21-8-9-26-23(14-21)22-13-19(15-27-22)25(29)30/h2-10,12-15,27H,11H2,1H3,(H,29,30). The van der Waals surface area contributed by atoms with Crippen molar-refractivity contribution in [2.45, 2.75) is 13.3 Å². The molecule has 6 nitrogen and oxygen atoms in total. The highest BCUT2D eigenvalue weighted by atomic mass is 16.5. The van der Waals surface area contributed by atoms with Crippen molar-refractivity contribution < 1.29 is 19.4 Å². The van der Waals surface area contributed by atoms with Crippen LogP contribution in [-0.4, -0.2) is 26.8 Å². The van der Waals surface area contributed by atoms with Crippen LogP contribution in [0.2, 0.25) is 0 Å². The van der Waals surface area contributed by atoms with E-state index >= 15 is 0 Å². The number of Topliss-reactive ketones (excluding diaryl/α,β-unsaturated/α-hetero) is 1. The predicted molar refractivity (Wildman–Crippen MR) is 117 cm³/mol. The van der Waals surface area contributed by atoms with Gasteiger partial charge in [-0.25, -0.2) is 4.79 Å². The molecule has 2 aromatic heterocycles. The van der Waals surface area contributed by atoms with Crippen molar-refractivity contribution in [2.24, 2.45) is 0 Å². The van der Waals surface area contributed by atoms with Crippen LogP contribution in [0.4, 0.5) is 0 Å². The summed E-state index contributed by atoms with van der Waals surface area (Å²) in [4.78, 5) is 31.0. The zero-order valence-corrected chi connectivity index (χ0v) is 16.8. The van der Waals surface area contributed by atoms with Gasteiger partial charge in [0, 0.05) is 30.4 Å². The molecule has 154 valence electrons. The number of nitrogens with zero attached hydrogens (tertiary/aromatic N) is 1. The number of nitrogens with one attached hydrogen (secondary N) is 1. The molecule has 31 heavy (non-hydrogen) atoms. The fraction of sp³-hybridized carbons (Fsp3) is 0.0800. The van der Waals surface area contributed by atoms with Gasteiger partial charge in [-0.2, -0.15) is 0 Å². The number of carbonyl (C=O) groups excluding carboxylic acids is 1. The summed E-state index contributed by atoms with van der Waals surface area (Å²) in [5, 5.41) is 9.08. The Bertz CT molecular complexity index is 1260. The van der Waals surface area contributed by atoms with Gasteiger partial charge in [-0.1, -0.05) is 42.0 Å². The van der Waals surface area contributed by atoms with Crippen LogP contribution >= 0.6 is 0 Å². The minimum atomic E-state index is -1.01. The number of hydrogen-bond acceptors (Lipinski definition) is 4. The smallest absolute Gasteiger partial charge is 0.337 e. The highest BCUT2D eigenvalue weighted by Gasteiger charge is 2.11. The number of aromatic nitrogens is 2. The molecule has 0 aliphatic carbocycles. The second kappa shape index (κ2) is 8.67. The van der Waals surface area contributed by atoms with Crippen LogP contribution in [0.3, 0.4) is 0 Å². The highest BCUT2D eigenvalue weighted by Crippen LogP contribution is 2.26. The summed E-state index contributed by atoms with van der Waals surface area (Å²) in [6.45, 7) is 2.00. The number of rotatable bonds is 7. The van der Waals surface area contributed by atoms with E-state index in [-0.39, 0.29) is 11.3 Å². The molecule has 0 unspecified atom stereocenters. The topological polar surface area (TPSA) is 92.3 Å². The molecule has 0 bridgehead atoms. The number of aryl methyl sites for hydroxylation is 1. The number of carbonyl (C=O) groups is 2. The quantitative estimate of drug-likeness (QED) is 0.402. The van der Waals surface area contributed by atoms with Crippen molar-refractivity contribution in [3.8, 4) is 22.9 Å². The van der Waals surface area contributed by atoms with Gasteiger partial charge in [-0.05, 0) is 36.8 Å². The van der Waals surface area contributed by atoms with Crippen LogP contribution in [0.5, 0.6) is 11.5 Å². The first kappa shape index (κ1) is 20.1. The number of carboxylic acids is 1. The molecule has 0 aliphatic rings. The van der Waals surface area contributed by atoms with E-state index in [9.17, 15) is 9.59 Å². The molecular weight excluding hydrogens is 392 g/mol. The van der Waals surface area contributed by atoms with Crippen molar-refractivity contribution in [3.05, 3.63) is 101 Å². The number of benzene rings is 2. The Balaban J connectivity index is 1.51. The Morgan fingerprint density at radius 2 is 1.77 bits per heavy atom. The lowest BCUT2D eigenvalue weighted by molar-refractivity contribution is 0.0697. The third-order valence-electron chi connectivity index (χ3n) is 4.78. The molecule has 0 atom stereocenters. The minimum Gasteiger partial charge on any atom is -0.478 e. The number of aromatic amines is 1. The second-order valence-corrected chi connectivity index (χ2v) is 7.20. The van der Waals surface area contributed by atoms with Crippen LogP contribution in [0.25, 0.3) is 11.4 Å². The van der Waals surface area contributed by atoms with Gasteiger partial charge in [0.2, 0.25) is 0 Å². The van der Waals surface area contributed by atoms with E-state index in [1.807, 2.05) is 31.2 Å². The second-order valence-electron chi connectivity index (χ2n) is 7.20. The van der Waals surface area contributed by atoms with Crippen molar-refractivity contribution >= 4 is 11.8 Å². The number of ketones is 1. The third-order valence-corrected chi connectivity index (χ3v) is 4.78. The van der Waals surface area contributed by atoms with Crippen LogP contribution in [0, 0.1) is 6.92 Å². The molecule has 0 saturated heterocycles. The van der Waals surface area contributed by atoms with Gasteiger partial charge >= 0.3 is 5.97 Å². The van der Waals surface area contributed by atoms with E-state index < -0.39 is 5.97 Å². The Kier molecular flexibility index (Phi) is 5.62. The molecule has 2 aromatic carbocycles. The van der Waals surface area contributed by atoms with Gasteiger partial charge in [-0.3, -0.25) is 9.78 Å². The van der Waals surface area contributed by atoms with Gasteiger partial charge < -0.3 is 14.8 Å². The molecule has 0 radical (unpaired) electrons. The lowest BCUT2D eigenvalue weighted by Gasteiger charge is -2.09. The summed E-state index contributed by atoms with van der Waals surface area (Å²) >= 11 is 0. The Morgan fingerprint density at radius 3 is 2.55 bits per heavy atom.